The fourth-order valence-corrected chi connectivity index (χ4v) is 4.33. The minimum atomic E-state index is -1.37. The van der Waals surface area contributed by atoms with Gasteiger partial charge in [-0.2, -0.15) is 0 Å². The minimum Gasteiger partial charge on any atom is -0.384 e. The van der Waals surface area contributed by atoms with Crippen molar-refractivity contribution >= 4 is 23.2 Å². The van der Waals surface area contributed by atoms with E-state index in [1.165, 1.54) is 0 Å². The molecule has 4 atom stereocenters. The molecule has 6 nitrogen and oxygen atoms in total. The predicted octanol–water partition coefficient (Wildman–Crippen LogP) is 4.32. The number of rotatable bonds is 7. The van der Waals surface area contributed by atoms with E-state index in [9.17, 15) is 5.11 Å². The van der Waals surface area contributed by atoms with Crippen LogP contribution in [-0.4, -0.2) is 53.8 Å². The van der Waals surface area contributed by atoms with Gasteiger partial charge in [0.1, 0.15) is 23.9 Å². The first-order valence-electron chi connectivity index (χ1n) is 9.88. The molecule has 1 aromatic carbocycles. The summed E-state index contributed by atoms with van der Waals surface area (Å²) in [6.45, 7) is 9.84. The van der Waals surface area contributed by atoms with Crippen LogP contribution in [0.4, 0.5) is 0 Å². The molecular formula is C21H30Cl2O6. The van der Waals surface area contributed by atoms with Gasteiger partial charge in [0.15, 0.2) is 11.6 Å². The molecule has 0 amide bonds. The Morgan fingerprint density at radius 2 is 1.69 bits per heavy atom. The van der Waals surface area contributed by atoms with Crippen molar-refractivity contribution in [1.82, 2.24) is 0 Å². The van der Waals surface area contributed by atoms with Gasteiger partial charge in [-0.05, 0) is 46.2 Å². The molecule has 0 radical (unpaired) electrons. The van der Waals surface area contributed by atoms with Crippen LogP contribution < -0.4 is 0 Å². The molecule has 0 aromatic heterocycles. The molecule has 1 aromatic rings. The second kappa shape index (κ2) is 8.60. The third-order valence-corrected chi connectivity index (χ3v) is 6.17. The Labute approximate surface area is 182 Å². The average molecular weight is 449 g/mol. The largest absolute Gasteiger partial charge is 0.384 e. The molecule has 2 aliphatic rings. The minimum absolute atomic E-state index is 0.114. The monoisotopic (exact) mass is 448 g/mol. The van der Waals surface area contributed by atoms with Crippen molar-refractivity contribution in [2.24, 2.45) is 0 Å². The standard InChI is InChI=1S/C21H30Cl2O6/c1-6-21(24,17-12-27-20(4,5)29-17)18(16-11-26-19(2,3)28-16)25-10-13-14(22)8-7-9-15(13)23/h7-9,16-18,24H,6,10-12H2,1-5H3/t16-,17-,18-,21-/m1/s1. The lowest BCUT2D eigenvalue weighted by molar-refractivity contribution is -0.234. The van der Waals surface area contributed by atoms with Gasteiger partial charge in [0.25, 0.3) is 0 Å². The Balaban J connectivity index is 1.88. The van der Waals surface area contributed by atoms with Crippen LogP contribution in [0.5, 0.6) is 0 Å². The van der Waals surface area contributed by atoms with E-state index in [0.717, 1.165) is 0 Å². The SMILES string of the molecule is CC[C@](O)([C@H](OCc1c(Cl)cccc1Cl)[C@H]1COC(C)(C)O1)[C@H]1COC(C)(C)O1. The fourth-order valence-electron chi connectivity index (χ4n) is 3.83. The fraction of sp³-hybridized carbons (Fsp3) is 0.714. The first-order valence-corrected chi connectivity index (χ1v) is 10.6. The van der Waals surface area contributed by atoms with Crippen LogP contribution >= 0.6 is 23.2 Å². The summed E-state index contributed by atoms with van der Waals surface area (Å²) in [6, 6.07) is 5.28. The molecule has 2 heterocycles. The molecule has 1 N–H and O–H groups in total. The lowest BCUT2D eigenvalue weighted by Gasteiger charge is -2.41. The van der Waals surface area contributed by atoms with Crippen molar-refractivity contribution in [2.75, 3.05) is 13.2 Å². The van der Waals surface area contributed by atoms with Gasteiger partial charge in [-0.15, -0.1) is 0 Å². The zero-order valence-corrected chi connectivity index (χ0v) is 19.0. The van der Waals surface area contributed by atoms with Gasteiger partial charge in [-0.3, -0.25) is 0 Å². The summed E-state index contributed by atoms with van der Waals surface area (Å²) < 4.78 is 29.7. The van der Waals surface area contributed by atoms with Crippen LogP contribution in [0.2, 0.25) is 10.0 Å². The first kappa shape index (κ1) is 23.2. The van der Waals surface area contributed by atoms with Crippen molar-refractivity contribution in [1.29, 1.82) is 0 Å². The maximum Gasteiger partial charge on any atom is 0.163 e. The highest BCUT2D eigenvalue weighted by Gasteiger charge is 2.55. The van der Waals surface area contributed by atoms with Crippen LogP contribution in [0.1, 0.15) is 46.6 Å². The van der Waals surface area contributed by atoms with Gasteiger partial charge in [-0.1, -0.05) is 36.2 Å². The normalized spacial score (nSPS) is 29.0. The predicted molar refractivity (Wildman–Crippen MR) is 110 cm³/mol. The highest BCUT2D eigenvalue weighted by molar-refractivity contribution is 6.35. The van der Waals surface area contributed by atoms with E-state index in [-0.39, 0.29) is 19.8 Å². The third kappa shape index (κ3) is 5.08. The number of aliphatic hydroxyl groups is 1. The summed E-state index contributed by atoms with van der Waals surface area (Å²) in [5.41, 5.74) is -0.711. The highest BCUT2D eigenvalue weighted by atomic mass is 35.5. The zero-order chi connectivity index (χ0) is 21.4. The van der Waals surface area contributed by atoms with Crippen molar-refractivity contribution in [3.8, 4) is 0 Å². The Kier molecular flexibility index (Phi) is 6.88. The van der Waals surface area contributed by atoms with Gasteiger partial charge in [0.05, 0.1) is 19.8 Å². The zero-order valence-electron chi connectivity index (χ0n) is 17.5. The molecule has 2 fully saturated rings. The van der Waals surface area contributed by atoms with E-state index in [0.29, 0.717) is 22.0 Å². The average Bonchev–Trinajstić information content (AvgIpc) is 3.18. The Morgan fingerprint density at radius 1 is 1.10 bits per heavy atom. The Bertz CT molecular complexity index is 705. The summed E-state index contributed by atoms with van der Waals surface area (Å²) in [7, 11) is 0. The molecule has 164 valence electrons. The third-order valence-electron chi connectivity index (χ3n) is 5.46. The molecule has 0 aliphatic carbocycles. The molecular weight excluding hydrogens is 419 g/mol. The molecule has 0 saturated carbocycles. The topological polar surface area (TPSA) is 66.4 Å². The van der Waals surface area contributed by atoms with Crippen molar-refractivity contribution in [2.45, 2.75) is 83.1 Å². The number of hydrogen-bond acceptors (Lipinski definition) is 6. The van der Waals surface area contributed by atoms with Gasteiger partial charge < -0.3 is 28.8 Å². The maximum atomic E-state index is 11.7. The van der Waals surface area contributed by atoms with Crippen LogP contribution in [0.25, 0.3) is 0 Å². The highest BCUT2D eigenvalue weighted by Crippen LogP contribution is 2.39. The van der Waals surface area contributed by atoms with Gasteiger partial charge in [-0.25, -0.2) is 0 Å². The van der Waals surface area contributed by atoms with E-state index in [4.69, 9.17) is 46.9 Å². The quantitative estimate of drug-likeness (QED) is 0.669. The van der Waals surface area contributed by atoms with E-state index in [1.54, 1.807) is 18.2 Å². The number of hydrogen-bond donors (Lipinski definition) is 1. The summed E-state index contributed by atoms with van der Waals surface area (Å²) in [5.74, 6) is -1.55. The second-order valence-electron chi connectivity index (χ2n) is 8.46. The summed E-state index contributed by atoms with van der Waals surface area (Å²) in [6.07, 6.45) is -1.45. The van der Waals surface area contributed by atoms with E-state index in [2.05, 4.69) is 0 Å². The van der Waals surface area contributed by atoms with Crippen LogP contribution in [0, 0.1) is 0 Å². The van der Waals surface area contributed by atoms with E-state index >= 15 is 0 Å². The van der Waals surface area contributed by atoms with E-state index < -0.39 is 35.5 Å². The molecule has 0 unspecified atom stereocenters. The molecule has 0 bridgehead atoms. The lowest BCUT2D eigenvalue weighted by atomic mass is 9.84. The lowest BCUT2D eigenvalue weighted by Crippen LogP contribution is -2.59. The molecule has 8 heteroatoms. The second-order valence-corrected chi connectivity index (χ2v) is 9.28. The molecule has 2 aliphatic heterocycles. The van der Waals surface area contributed by atoms with Crippen LogP contribution in [0.3, 0.4) is 0 Å². The van der Waals surface area contributed by atoms with Gasteiger partial charge in [0.2, 0.25) is 0 Å². The van der Waals surface area contributed by atoms with Crippen LogP contribution in [0.15, 0.2) is 18.2 Å². The van der Waals surface area contributed by atoms with Crippen molar-refractivity contribution < 1.29 is 28.8 Å². The maximum absolute atomic E-state index is 11.7. The van der Waals surface area contributed by atoms with Crippen LogP contribution in [-0.2, 0) is 30.3 Å². The number of ether oxygens (including phenoxy) is 5. The molecule has 0 spiro atoms. The number of halogens is 2. The first-order chi connectivity index (χ1) is 13.5. The van der Waals surface area contributed by atoms with Gasteiger partial charge in [0, 0.05) is 15.6 Å². The Morgan fingerprint density at radius 3 is 2.17 bits per heavy atom. The molecule has 29 heavy (non-hydrogen) atoms. The summed E-state index contributed by atoms with van der Waals surface area (Å²) in [5, 5.41) is 12.7. The summed E-state index contributed by atoms with van der Waals surface area (Å²) in [4.78, 5) is 0. The summed E-state index contributed by atoms with van der Waals surface area (Å²) >= 11 is 12.6. The molecule has 2 saturated heterocycles. The number of benzene rings is 1. The Hall–Kier alpha value is -0.440. The van der Waals surface area contributed by atoms with Crippen molar-refractivity contribution in [3.63, 3.8) is 0 Å². The molecule has 3 rings (SSSR count). The smallest absolute Gasteiger partial charge is 0.163 e. The van der Waals surface area contributed by atoms with Gasteiger partial charge >= 0.3 is 0 Å². The van der Waals surface area contributed by atoms with E-state index in [1.807, 2.05) is 34.6 Å². The van der Waals surface area contributed by atoms with Crippen molar-refractivity contribution in [3.05, 3.63) is 33.8 Å².